The lowest BCUT2D eigenvalue weighted by atomic mass is 9.93. The van der Waals surface area contributed by atoms with Crippen molar-refractivity contribution in [2.75, 3.05) is 19.8 Å². The smallest absolute Gasteiger partial charge is 0.326 e. The number of carbonyl (C=O) groups excluding carboxylic acids is 2. The number of nitrogens with one attached hydrogen (secondary N) is 2. The quantitative estimate of drug-likeness (QED) is 0.597. The number of rotatable bonds is 8. The Morgan fingerprint density at radius 1 is 1.29 bits per heavy atom. The zero-order chi connectivity index (χ0) is 15.7. The van der Waals surface area contributed by atoms with E-state index in [1.807, 2.05) is 6.92 Å². The molecule has 0 saturated carbocycles. The first-order valence-electron chi connectivity index (χ1n) is 7.41. The minimum absolute atomic E-state index is 0.0965. The van der Waals surface area contributed by atoms with E-state index in [9.17, 15) is 19.5 Å². The fourth-order valence-corrected chi connectivity index (χ4v) is 2.35. The van der Waals surface area contributed by atoms with Crippen molar-refractivity contribution in [3.05, 3.63) is 0 Å². The predicted octanol–water partition coefficient (Wildman–Crippen LogP) is 0.289. The number of amides is 2. The number of carbonyl (C=O) groups is 3. The van der Waals surface area contributed by atoms with E-state index < -0.39 is 12.0 Å². The van der Waals surface area contributed by atoms with E-state index in [0.717, 1.165) is 12.8 Å². The Labute approximate surface area is 124 Å². The van der Waals surface area contributed by atoms with Crippen LogP contribution in [0.3, 0.4) is 0 Å². The van der Waals surface area contributed by atoms with Gasteiger partial charge in [0.2, 0.25) is 11.8 Å². The van der Waals surface area contributed by atoms with E-state index in [0.29, 0.717) is 26.2 Å². The molecule has 2 amide bonds. The maximum Gasteiger partial charge on any atom is 0.326 e. The van der Waals surface area contributed by atoms with Gasteiger partial charge in [-0.3, -0.25) is 9.59 Å². The Hall–Kier alpha value is -1.63. The summed E-state index contributed by atoms with van der Waals surface area (Å²) in [5.41, 5.74) is 0. The Morgan fingerprint density at radius 3 is 2.57 bits per heavy atom. The first-order valence-corrected chi connectivity index (χ1v) is 7.41. The molecule has 0 aromatic heterocycles. The molecule has 7 heteroatoms. The Balaban J connectivity index is 2.35. The van der Waals surface area contributed by atoms with Gasteiger partial charge in [0.05, 0.1) is 6.61 Å². The standard InChI is InChI=1S/C14H24N2O5/c1-2-15-11(17)6-3-7-12(18)16-13(14(19)20)10-5-4-8-21-9-10/h10,13H,2-9H2,1H3,(H,15,17)(H,16,18)(H,19,20). The van der Waals surface area contributed by atoms with Crippen LogP contribution in [0.2, 0.25) is 0 Å². The molecule has 0 aromatic rings. The monoisotopic (exact) mass is 300 g/mol. The van der Waals surface area contributed by atoms with Gasteiger partial charge in [0.1, 0.15) is 6.04 Å². The van der Waals surface area contributed by atoms with Crippen LogP contribution in [-0.2, 0) is 19.1 Å². The Bertz CT molecular complexity index is 366. The molecule has 1 saturated heterocycles. The molecule has 0 radical (unpaired) electrons. The molecule has 7 nitrogen and oxygen atoms in total. The zero-order valence-corrected chi connectivity index (χ0v) is 12.4. The maximum atomic E-state index is 11.8. The van der Waals surface area contributed by atoms with Gasteiger partial charge < -0.3 is 20.5 Å². The molecule has 1 heterocycles. The molecule has 1 rings (SSSR count). The largest absolute Gasteiger partial charge is 0.480 e. The summed E-state index contributed by atoms with van der Waals surface area (Å²) in [5.74, 6) is -1.66. The number of aliphatic carboxylic acids is 1. The summed E-state index contributed by atoms with van der Waals surface area (Å²) in [7, 11) is 0. The van der Waals surface area contributed by atoms with Crippen molar-refractivity contribution in [3.8, 4) is 0 Å². The summed E-state index contributed by atoms with van der Waals surface area (Å²) >= 11 is 0. The zero-order valence-electron chi connectivity index (χ0n) is 12.4. The van der Waals surface area contributed by atoms with Gasteiger partial charge in [0.25, 0.3) is 0 Å². The van der Waals surface area contributed by atoms with Crippen LogP contribution in [0.5, 0.6) is 0 Å². The van der Waals surface area contributed by atoms with Crippen molar-refractivity contribution in [1.29, 1.82) is 0 Å². The van der Waals surface area contributed by atoms with E-state index in [1.165, 1.54) is 0 Å². The van der Waals surface area contributed by atoms with Crippen LogP contribution in [0.15, 0.2) is 0 Å². The van der Waals surface area contributed by atoms with Gasteiger partial charge in [-0.2, -0.15) is 0 Å². The van der Waals surface area contributed by atoms with E-state index in [-0.39, 0.29) is 30.6 Å². The molecule has 1 aliphatic rings. The van der Waals surface area contributed by atoms with Crippen LogP contribution in [0.25, 0.3) is 0 Å². The number of carboxylic acids is 1. The van der Waals surface area contributed by atoms with Crippen molar-refractivity contribution < 1.29 is 24.2 Å². The number of hydrogen-bond acceptors (Lipinski definition) is 4. The van der Waals surface area contributed by atoms with Gasteiger partial charge in [-0.25, -0.2) is 4.79 Å². The van der Waals surface area contributed by atoms with Crippen LogP contribution in [0.1, 0.15) is 39.0 Å². The molecule has 2 unspecified atom stereocenters. The normalized spacial score (nSPS) is 19.6. The van der Waals surface area contributed by atoms with Crippen molar-refractivity contribution in [2.24, 2.45) is 5.92 Å². The first kappa shape index (κ1) is 17.4. The van der Waals surface area contributed by atoms with E-state index in [4.69, 9.17) is 4.74 Å². The van der Waals surface area contributed by atoms with E-state index >= 15 is 0 Å². The highest BCUT2D eigenvalue weighted by molar-refractivity contribution is 5.84. The molecule has 1 aliphatic heterocycles. The molecular weight excluding hydrogens is 276 g/mol. The number of ether oxygens (including phenoxy) is 1. The summed E-state index contributed by atoms with van der Waals surface area (Å²) in [4.78, 5) is 34.3. The highest BCUT2D eigenvalue weighted by atomic mass is 16.5. The van der Waals surface area contributed by atoms with Crippen LogP contribution in [-0.4, -0.2) is 48.7 Å². The molecule has 120 valence electrons. The van der Waals surface area contributed by atoms with Crippen LogP contribution < -0.4 is 10.6 Å². The fraction of sp³-hybridized carbons (Fsp3) is 0.786. The summed E-state index contributed by atoms with van der Waals surface area (Å²) < 4.78 is 5.27. The van der Waals surface area contributed by atoms with Gasteiger partial charge in [0, 0.05) is 31.9 Å². The SMILES string of the molecule is CCNC(=O)CCCC(=O)NC(C(=O)O)C1CCCOC1. The molecule has 0 bridgehead atoms. The predicted molar refractivity (Wildman–Crippen MR) is 75.6 cm³/mol. The number of carboxylic acid groups (broad SMARTS) is 1. The average molecular weight is 300 g/mol. The minimum Gasteiger partial charge on any atom is -0.480 e. The summed E-state index contributed by atoms with van der Waals surface area (Å²) in [6.45, 7) is 3.39. The van der Waals surface area contributed by atoms with Crippen LogP contribution >= 0.6 is 0 Å². The van der Waals surface area contributed by atoms with E-state index in [1.54, 1.807) is 0 Å². The van der Waals surface area contributed by atoms with Crippen molar-refractivity contribution >= 4 is 17.8 Å². The molecule has 0 aromatic carbocycles. The summed E-state index contributed by atoms with van der Waals surface area (Å²) in [6, 6.07) is -0.915. The first-order chi connectivity index (χ1) is 10.0. The second-order valence-electron chi connectivity index (χ2n) is 5.17. The topological polar surface area (TPSA) is 105 Å². The van der Waals surface area contributed by atoms with Gasteiger partial charge in [-0.1, -0.05) is 0 Å². The third-order valence-electron chi connectivity index (χ3n) is 3.43. The second kappa shape index (κ2) is 9.33. The summed E-state index contributed by atoms with van der Waals surface area (Å²) in [6.07, 6.45) is 2.36. The number of hydrogen-bond donors (Lipinski definition) is 3. The molecule has 21 heavy (non-hydrogen) atoms. The fourth-order valence-electron chi connectivity index (χ4n) is 2.35. The molecule has 1 fully saturated rings. The summed E-state index contributed by atoms with van der Waals surface area (Å²) in [5, 5.41) is 14.4. The van der Waals surface area contributed by atoms with Crippen molar-refractivity contribution in [1.82, 2.24) is 10.6 Å². The maximum absolute atomic E-state index is 11.8. The lowest BCUT2D eigenvalue weighted by molar-refractivity contribution is -0.145. The highest BCUT2D eigenvalue weighted by Crippen LogP contribution is 2.18. The van der Waals surface area contributed by atoms with Gasteiger partial charge in [-0.15, -0.1) is 0 Å². The second-order valence-corrected chi connectivity index (χ2v) is 5.17. The lowest BCUT2D eigenvalue weighted by Crippen LogP contribution is -2.48. The third-order valence-corrected chi connectivity index (χ3v) is 3.43. The molecule has 0 spiro atoms. The lowest BCUT2D eigenvalue weighted by Gasteiger charge is -2.28. The van der Waals surface area contributed by atoms with Crippen LogP contribution in [0.4, 0.5) is 0 Å². The van der Waals surface area contributed by atoms with E-state index in [2.05, 4.69) is 10.6 Å². The van der Waals surface area contributed by atoms with Gasteiger partial charge in [-0.05, 0) is 26.2 Å². The average Bonchev–Trinajstić information content (AvgIpc) is 2.45. The van der Waals surface area contributed by atoms with Gasteiger partial charge in [0.15, 0.2) is 0 Å². The molecule has 3 N–H and O–H groups in total. The molecule has 0 aliphatic carbocycles. The van der Waals surface area contributed by atoms with Crippen LogP contribution in [0, 0.1) is 5.92 Å². The Kier molecular flexibility index (Phi) is 7.74. The molecule has 2 atom stereocenters. The molecular formula is C14H24N2O5. The minimum atomic E-state index is -1.04. The van der Waals surface area contributed by atoms with Gasteiger partial charge >= 0.3 is 5.97 Å². The van der Waals surface area contributed by atoms with Crippen molar-refractivity contribution in [2.45, 2.75) is 45.1 Å². The third kappa shape index (κ3) is 6.57. The van der Waals surface area contributed by atoms with Crippen molar-refractivity contribution in [3.63, 3.8) is 0 Å². The highest BCUT2D eigenvalue weighted by Gasteiger charge is 2.31. The Morgan fingerprint density at radius 2 is 2.00 bits per heavy atom.